The van der Waals surface area contributed by atoms with Crippen molar-refractivity contribution in [2.24, 2.45) is 5.92 Å². The average Bonchev–Trinajstić information content (AvgIpc) is 2.61. The first-order valence-electron chi connectivity index (χ1n) is 8.28. The Morgan fingerprint density at radius 3 is 2.29 bits per heavy atom. The SMILES string of the molecule is COc1ccc(OCCN(C)C(=O)C2CCN(C(C)=O)CC2)cc1. The Bertz CT molecular complexity index is 551. The fourth-order valence-corrected chi connectivity index (χ4v) is 2.84. The molecule has 1 aliphatic heterocycles. The highest BCUT2D eigenvalue weighted by atomic mass is 16.5. The van der Waals surface area contributed by atoms with Gasteiger partial charge in [0.1, 0.15) is 18.1 Å². The highest BCUT2D eigenvalue weighted by molar-refractivity contribution is 5.79. The number of hydrogen-bond acceptors (Lipinski definition) is 4. The minimum absolute atomic E-state index is 0.00610. The van der Waals surface area contributed by atoms with Gasteiger partial charge in [-0.1, -0.05) is 0 Å². The van der Waals surface area contributed by atoms with E-state index in [9.17, 15) is 9.59 Å². The summed E-state index contributed by atoms with van der Waals surface area (Å²) in [4.78, 5) is 27.3. The van der Waals surface area contributed by atoms with Crippen molar-refractivity contribution in [2.45, 2.75) is 19.8 Å². The maximum Gasteiger partial charge on any atom is 0.225 e. The molecule has 1 heterocycles. The van der Waals surface area contributed by atoms with Crippen molar-refractivity contribution < 1.29 is 19.1 Å². The molecule has 0 unspecified atom stereocenters. The summed E-state index contributed by atoms with van der Waals surface area (Å²) in [5.74, 6) is 1.77. The number of likely N-dealkylation sites (tertiary alicyclic amines) is 1. The molecule has 0 radical (unpaired) electrons. The highest BCUT2D eigenvalue weighted by Gasteiger charge is 2.27. The van der Waals surface area contributed by atoms with Gasteiger partial charge in [0.2, 0.25) is 11.8 Å². The molecule has 6 nitrogen and oxygen atoms in total. The van der Waals surface area contributed by atoms with Crippen LogP contribution in [0.4, 0.5) is 0 Å². The second-order valence-corrected chi connectivity index (χ2v) is 6.06. The Morgan fingerprint density at radius 2 is 1.75 bits per heavy atom. The van der Waals surface area contributed by atoms with Gasteiger partial charge in [-0.25, -0.2) is 0 Å². The molecule has 0 bridgehead atoms. The van der Waals surface area contributed by atoms with Crippen LogP contribution < -0.4 is 9.47 Å². The lowest BCUT2D eigenvalue weighted by molar-refractivity contribution is -0.139. The van der Waals surface area contributed by atoms with E-state index in [1.165, 1.54) is 0 Å². The van der Waals surface area contributed by atoms with E-state index in [0.717, 1.165) is 24.3 Å². The quantitative estimate of drug-likeness (QED) is 0.796. The van der Waals surface area contributed by atoms with Crippen molar-refractivity contribution >= 4 is 11.8 Å². The van der Waals surface area contributed by atoms with Gasteiger partial charge in [-0.05, 0) is 37.1 Å². The standard InChI is InChI=1S/C18H26N2O4/c1-14(21)20-10-8-15(9-11-20)18(22)19(2)12-13-24-17-6-4-16(23-3)5-7-17/h4-7,15H,8-13H2,1-3H3. The fourth-order valence-electron chi connectivity index (χ4n) is 2.84. The number of benzene rings is 1. The number of rotatable bonds is 6. The minimum atomic E-state index is 0.00610. The number of piperidine rings is 1. The number of carbonyl (C=O) groups is 2. The van der Waals surface area contributed by atoms with E-state index in [0.29, 0.717) is 26.2 Å². The largest absolute Gasteiger partial charge is 0.497 e. The molecule has 1 aromatic carbocycles. The Hall–Kier alpha value is -2.24. The first kappa shape index (κ1) is 18.1. The summed E-state index contributed by atoms with van der Waals surface area (Å²) >= 11 is 0. The van der Waals surface area contributed by atoms with Crippen LogP contribution in [0, 0.1) is 5.92 Å². The number of hydrogen-bond donors (Lipinski definition) is 0. The molecule has 0 saturated carbocycles. The Labute approximate surface area is 143 Å². The third-order valence-corrected chi connectivity index (χ3v) is 4.42. The van der Waals surface area contributed by atoms with E-state index in [2.05, 4.69) is 0 Å². The second-order valence-electron chi connectivity index (χ2n) is 6.06. The first-order chi connectivity index (χ1) is 11.5. The molecule has 24 heavy (non-hydrogen) atoms. The highest BCUT2D eigenvalue weighted by Crippen LogP contribution is 2.20. The maximum absolute atomic E-state index is 12.5. The maximum atomic E-state index is 12.5. The lowest BCUT2D eigenvalue weighted by atomic mass is 9.95. The Kier molecular flexibility index (Phi) is 6.46. The molecule has 1 fully saturated rings. The van der Waals surface area contributed by atoms with Crippen molar-refractivity contribution in [3.05, 3.63) is 24.3 Å². The fraction of sp³-hybridized carbons (Fsp3) is 0.556. The van der Waals surface area contributed by atoms with E-state index in [4.69, 9.17) is 9.47 Å². The molecule has 1 saturated heterocycles. The van der Waals surface area contributed by atoms with Crippen molar-refractivity contribution in [3.63, 3.8) is 0 Å². The number of ether oxygens (including phenoxy) is 2. The molecule has 2 amide bonds. The molecule has 0 atom stereocenters. The molecule has 0 N–H and O–H groups in total. The summed E-state index contributed by atoms with van der Waals surface area (Å²) in [6, 6.07) is 7.37. The van der Waals surface area contributed by atoms with Crippen LogP contribution in [0.1, 0.15) is 19.8 Å². The summed E-state index contributed by atoms with van der Waals surface area (Å²) in [5.41, 5.74) is 0. The van der Waals surface area contributed by atoms with E-state index < -0.39 is 0 Å². The zero-order valence-electron chi connectivity index (χ0n) is 14.7. The lowest BCUT2D eigenvalue weighted by Crippen LogP contribution is -2.43. The summed E-state index contributed by atoms with van der Waals surface area (Å²) in [7, 11) is 3.42. The van der Waals surface area contributed by atoms with Crippen molar-refractivity contribution in [1.29, 1.82) is 0 Å². The first-order valence-corrected chi connectivity index (χ1v) is 8.28. The van der Waals surface area contributed by atoms with Crippen molar-refractivity contribution in [3.8, 4) is 11.5 Å². The van der Waals surface area contributed by atoms with Gasteiger partial charge in [0.25, 0.3) is 0 Å². The third kappa shape index (κ3) is 4.88. The van der Waals surface area contributed by atoms with Crippen LogP contribution in [0.3, 0.4) is 0 Å². The van der Waals surface area contributed by atoms with Crippen LogP contribution in [0.5, 0.6) is 11.5 Å². The van der Waals surface area contributed by atoms with Crippen LogP contribution in [0.25, 0.3) is 0 Å². The number of carbonyl (C=O) groups excluding carboxylic acids is 2. The molecular weight excluding hydrogens is 308 g/mol. The van der Waals surface area contributed by atoms with Gasteiger partial charge in [-0.15, -0.1) is 0 Å². The van der Waals surface area contributed by atoms with E-state index in [1.807, 2.05) is 24.3 Å². The predicted molar refractivity (Wildman–Crippen MR) is 91.1 cm³/mol. The average molecular weight is 334 g/mol. The minimum Gasteiger partial charge on any atom is -0.497 e. The van der Waals surface area contributed by atoms with Gasteiger partial charge in [-0.3, -0.25) is 9.59 Å². The van der Waals surface area contributed by atoms with Crippen LogP contribution in [-0.2, 0) is 9.59 Å². The number of methoxy groups -OCH3 is 1. The Balaban J connectivity index is 1.72. The van der Waals surface area contributed by atoms with E-state index >= 15 is 0 Å². The molecule has 0 spiro atoms. The molecule has 2 rings (SSSR count). The van der Waals surface area contributed by atoms with E-state index in [1.54, 1.807) is 30.9 Å². The lowest BCUT2D eigenvalue weighted by Gasteiger charge is -2.32. The summed E-state index contributed by atoms with van der Waals surface area (Å²) < 4.78 is 10.8. The Morgan fingerprint density at radius 1 is 1.17 bits per heavy atom. The normalized spacial score (nSPS) is 15.0. The molecule has 0 aromatic heterocycles. The predicted octanol–water partition coefficient (Wildman–Crippen LogP) is 1.79. The molecule has 132 valence electrons. The topological polar surface area (TPSA) is 59.1 Å². The molecule has 0 aliphatic carbocycles. The van der Waals surface area contributed by atoms with Crippen LogP contribution in [0.2, 0.25) is 0 Å². The van der Waals surface area contributed by atoms with Crippen molar-refractivity contribution in [2.75, 3.05) is 40.4 Å². The van der Waals surface area contributed by atoms with Gasteiger partial charge in [0.05, 0.1) is 13.7 Å². The smallest absolute Gasteiger partial charge is 0.225 e. The second kappa shape index (κ2) is 8.57. The van der Waals surface area contributed by atoms with Crippen LogP contribution >= 0.6 is 0 Å². The summed E-state index contributed by atoms with van der Waals surface area (Å²) in [5, 5.41) is 0. The van der Waals surface area contributed by atoms with Gasteiger partial charge >= 0.3 is 0 Å². The zero-order chi connectivity index (χ0) is 17.5. The zero-order valence-corrected chi connectivity index (χ0v) is 14.7. The molecule has 1 aromatic rings. The van der Waals surface area contributed by atoms with E-state index in [-0.39, 0.29) is 17.7 Å². The van der Waals surface area contributed by atoms with Gasteiger partial charge in [-0.2, -0.15) is 0 Å². The number of likely N-dealkylation sites (N-methyl/N-ethyl adjacent to an activating group) is 1. The van der Waals surface area contributed by atoms with Crippen LogP contribution in [-0.4, -0.2) is 62.0 Å². The van der Waals surface area contributed by atoms with Gasteiger partial charge in [0, 0.05) is 33.0 Å². The molecule has 6 heteroatoms. The van der Waals surface area contributed by atoms with Gasteiger partial charge in [0.15, 0.2) is 0 Å². The summed E-state index contributed by atoms with van der Waals surface area (Å²) in [6.45, 7) is 3.90. The third-order valence-electron chi connectivity index (χ3n) is 4.42. The molecular formula is C18H26N2O4. The van der Waals surface area contributed by atoms with Crippen LogP contribution in [0.15, 0.2) is 24.3 Å². The number of amides is 2. The summed E-state index contributed by atoms with van der Waals surface area (Å²) in [6.07, 6.45) is 1.48. The monoisotopic (exact) mass is 334 g/mol. The van der Waals surface area contributed by atoms with Gasteiger partial charge < -0.3 is 19.3 Å². The molecule has 1 aliphatic rings. The number of nitrogens with zero attached hydrogens (tertiary/aromatic N) is 2. The van der Waals surface area contributed by atoms with Crippen molar-refractivity contribution in [1.82, 2.24) is 9.80 Å².